The van der Waals surface area contributed by atoms with E-state index in [0.717, 1.165) is 32.5 Å². The zero-order chi connectivity index (χ0) is 16.3. The number of furan rings is 1. The van der Waals surface area contributed by atoms with E-state index < -0.39 is 7.12 Å². The number of rotatable bonds is 1. The van der Waals surface area contributed by atoms with Crippen LogP contribution in [0.1, 0.15) is 0 Å². The molecule has 24 heavy (non-hydrogen) atoms. The largest absolute Gasteiger partial charge is 0.492 e. The molecule has 4 heteroatoms. The third-order valence-electron chi connectivity index (χ3n) is 4.68. The minimum absolute atomic E-state index is 0.386. The maximum Gasteiger partial charge on any atom is 0.492 e. The van der Waals surface area contributed by atoms with Crippen molar-refractivity contribution in [3.05, 3.63) is 66.7 Å². The molecule has 2 N–H and O–H groups in total. The lowest BCUT2D eigenvalue weighted by Gasteiger charge is -2.05. The van der Waals surface area contributed by atoms with E-state index in [0.29, 0.717) is 11.0 Å². The van der Waals surface area contributed by atoms with Gasteiger partial charge in [-0.3, -0.25) is 0 Å². The predicted molar refractivity (Wildman–Crippen MR) is 98.6 cm³/mol. The van der Waals surface area contributed by atoms with E-state index in [-0.39, 0.29) is 0 Å². The normalized spacial score (nSPS) is 11.8. The van der Waals surface area contributed by atoms with Crippen molar-refractivity contribution in [1.82, 2.24) is 0 Å². The van der Waals surface area contributed by atoms with Crippen LogP contribution in [-0.4, -0.2) is 17.2 Å². The first-order valence-corrected chi connectivity index (χ1v) is 7.86. The van der Waals surface area contributed by atoms with Gasteiger partial charge in [-0.25, -0.2) is 0 Å². The van der Waals surface area contributed by atoms with E-state index in [4.69, 9.17) is 4.42 Å². The van der Waals surface area contributed by atoms with Gasteiger partial charge in [0.2, 0.25) is 0 Å². The number of para-hydroxylation sites is 1. The van der Waals surface area contributed by atoms with Gasteiger partial charge in [-0.15, -0.1) is 0 Å². The molecule has 0 aliphatic heterocycles. The highest BCUT2D eigenvalue weighted by molar-refractivity contribution is 6.62. The molecule has 0 unspecified atom stereocenters. The van der Waals surface area contributed by atoms with Crippen LogP contribution in [-0.2, 0) is 0 Å². The molecule has 3 nitrogen and oxygen atoms in total. The Bertz CT molecular complexity index is 1240. The lowest BCUT2D eigenvalue weighted by atomic mass is 9.79. The molecule has 5 rings (SSSR count). The standard InChI is InChI=1S/C20H13BO3/c22-21(23)17-11-5-10-16-18-14-8-3-1-6-12(14)13-7-2-4-9-15(13)20(18)24-19(16)17/h1-11,22-23H. The van der Waals surface area contributed by atoms with Crippen molar-refractivity contribution >= 4 is 56.1 Å². The summed E-state index contributed by atoms with van der Waals surface area (Å²) in [5, 5.41) is 25.7. The van der Waals surface area contributed by atoms with Crippen LogP contribution in [0.4, 0.5) is 0 Å². The Balaban J connectivity index is 2.15. The summed E-state index contributed by atoms with van der Waals surface area (Å²) >= 11 is 0. The molecule has 0 saturated heterocycles. The van der Waals surface area contributed by atoms with Gasteiger partial charge in [0.05, 0.1) is 0 Å². The summed E-state index contributed by atoms with van der Waals surface area (Å²) in [6, 6.07) is 21.9. The molecule has 0 amide bonds. The molecule has 0 fully saturated rings. The summed E-state index contributed by atoms with van der Waals surface area (Å²) in [4.78, 5) is 0. The topological polar surface area (TPSA) is 53.6 Å². The van der Waals surface area contributed by atoms with Gasteiger partial charge in [-0.1, -0.05) is 66.7 Å². The minimum Gasteiger partial charge on any atom is -0.456 e. The monoisotopic (exact) mass is 312 g/mol. The Morgan fingerprint density at radius 3 is 1.88 bits per heavy atom. The molecular formula is C20H13BO3. The molecule has 0 aliphatic carbocycles. The highest BCUT2D eigenvalue weighted by Crippen LogP contribution is 2.40. The zero-order valence-electron chi connectivity index (χ0n) is 12.7. The maximum absolute atomic E-state index is 9.67. The average Bonchev–Trinajstić information content (AvgIpc) is 3.01. The Morgan fingerprint density at radius 2 is 1.17 bits per heavy atom. The van der Waals surface area contributed by atoms with Crippen molar-refractivity contribution in [2.24, 2.45) is 0 Å². The Morgan fingerprint density at radius 1 is 0.583 bits per heavy atom. The smallest absolute Gasteiger partial charge is 0.456 e. The summed E-state index contributed by atoms with van der Waals surface area (Å²) in [5.74, 6) is 0. The molecule has 1 aromatic heterocycles. The van der Waals surface area contributed by atoms with Gasteiger partial charge < -0.3 is 14.5 Å². The third-order valence-corrected chi connectivity index (χ3v) is 4.68. The van der Waals surface area contributed by atoms with Crippen molar-refractivity contribution in [1.29, 1.82) is 0 Å². The number of hydrogen-bond donors (Lipinski definition) is 2. The molecule has 0 atom stereocenters. The van der Waals surface area contributed by atoms with Crippen LogP contribution in [0.5, 0.6) is 0 Å². The van der Waals surface area contributed by atoms with Crippen molar-refractivity contribution < 1.29 is 14.5 Å². The molecule has 0 radical (unpaired) electrons. The molecule has 114 valence electrons. The highest BCUT2D eigenvalue weighted by Gasteiger charge is 2.21. The molecule has 4 aromatic carbocycles. The minimum atomic E-state index is -1.56. The van der Waals surface area contributed by atoms with Crippen molar-refractivity contribution in [3.8, 4) is 0 Å². The van der Waals surface area contributed by atoms with Gasteiger partial charge in [0.25, 0.3) is 0 Å². The zero-order valence-corrected chi connectivity index (χ0v) is 12.7. The van der Waals surface area contributed by atoms with Crippen LogP contribution in [0, 0.1) is 0 Å². The molecular weight excluding hydrogens is 299 g/mol. The molecule has 5 aromatic rings. The first kappa shape index (κ1) is 13.6. The van der Waals surface area contributed by atoms with Crippen LogP contribution in [0.2, 0.25) is 0 Å². The second-order valence-corrected chi connectivity index (χ2v) is 5.99. The third kappa shape index (κ3) is 1.69. The predicted octanol–water partition coefficient (Wildman–Crippen LogP) is 3.57. The van der Waals surface area contributed by atoms with Crippen LogP contribution >= 0.6 is 0 Å². The van der Waals surface area contributed by atoms with Crippen molar-refractivity contribution in [2.75, 3.05) is 0 Å². The summed E-state index contributed by atoms with van der Waals surface area (Å²) in [6.07, 6.45) is 0. The maximum atomic E-state index is 9.67. The molecule has 0 saturated carbocycles. The van der Waals surface area contributed by atoms with Crippen LogP contribution in [0.3, 0.4) is 0 Å². The first-order chi connectivity index (χ1) is 11.8. The van der Waals surface area contributed by atoms with Crippen LogP contribution in [0.15, 0.2) is 71.1 Å². The molecule has 0 spiro atoms. The van der Waals surface area contributed by atoms with Crippen molar-refractivity contribution in [3.63, 3.8) is 0 Å². The Kier molecular flexibility index (Phi) is 2.74. The summed E-state index contributed by atoms with van der Waals surface area (Å²) in [5.41, 5.74) is 1.70. The van der Waals surface area contributed by atoms with Gasteiger partial charge in [-0.2, -0.15) is 0 Å². The van der Waals surface area contributed by atoms with Crippen LogP contribution in [0.25, 0.3) is 43.5 Å². The Labute approximate surface area is 137 Å². The van der Waals surface area contributed by atoms with Gasteiger partial charge in [0.1, 0.15) is 11.2 Å². The van der Waals surface area contributed by atoms with Gasteiger partial charge in [0, 0.05) is 21.6 Å². The van der Waals surface area contributed by atoms with E-state index in [1.807, 2.05) is 42.5 Å². The SMILES string of the molecule is OB(O)c1cccc2c1oc1c3ccccc3c3ccccc3c21. The second-order valence-electron chi connectivity index (χ2n) is 5.99. The van der Waals surface area contributed by atoms with Gasteiger partial charge >= 0.3 is 7.12 Å². The number of hydrogen-bond acceptors (Lipinski definition) is 3. The summed E-state index contributed by atoms with van der Waals surface area (Å²) in [7, 11) is -1.56. The van der Waals surface area contributed by atoms with Gasteiger partial charge in [0.15, 0.2) is 0 Å². The van der Waals surface area contributed by atoms with Crippen molar-refractivity contribution in [2.45, 2.75) is 0 Å². The van der Waals surface area contributed by atoms with E-state index in [9.17, 15) is 10.0 Å². The number of benzene rings is 4. The van der Waals surface area contributed by atoms with E-state index >= 15 is 0 Å². The van der Waals surface area contributed by atoms with Gasteiger partial charge in [-0.05, 0) is 16.2 Å². The van der Waals surface area contributed by atoms with E-state index in [1.54, 1.807) is 6.07 Å². The van der Waals surface area contributed by atoms with Crippen LogP contribution < -0.4 is 5.46 Å². The summed E-state index contributed by atoms with van der Waals surface area (Å²) < 4.78 is 6.15. The lowest BCUT2D eigenvalue weighted by molar-refractivity contribution is 0.425. The molecule has 1 heterocycles. The second kappa shape index (κ2) is 4.84. The Hall–Kier alpha value is -2.82. The first-order valence-electron chi connectivity index (χ1n) is 7.86. The molecule has 0 aliphatic rings. The fourth-order valence-electron chi connectivity index (χ4n) is 3.65. The quantitative estimate of drug-likeness (QED) is 0.367. The van der Waals surface area contributed by atoms with E-state index in [2.05, 4.69) is 18.2 Å². The highest BCUT2D eigenvalue weighted by atomic mass is 16.4. The van der Waals surface area contributed by atoms with E-state index in [1.165, 1.54) is 5.39 Å². The lowest BCUT2D eigenvalue weighted by Crippen LogP contribution is -2.29. The summed E-state index contributed by atoms with van der Waals surface area (Å²) in [6.45, 7) is 0. The average molecular weight is 312 g/mol. The number of fused-ring (bicyclic) bond motifs is 8. The molecule has 0 bridgehead atoms. The fraction of sp³-hybridized carbons (Fsp3) is 0. The fourth-order valence-corrected chi connectivity index (χ4v) is 3.65.